The molecular formula is C28H45NO3S2Si. The molecule has 1 aliphatic heterocycles. The SMILES string of the molecule is CC[C@H](OC)[C@@H](C)/C=C/[C@H](O[Si](C)(C)C(C)(C)C)[C@@H](C)C(=O)N1C(=S)SCC1Cc1ccccc1. The van der Waals surface area contributed by atoms with Crippen LogP contribution in [0.2, 0.25) is 18.1 Å². The molecule has 0 aromatic heterocycles. The van der Waals surface area contributed by atoms with Gasteiger partial charge in [0.25, 0.3) is 0 Å². The average molecular weight is 536 g/mol. The maximum Gasteiger partial charge on any atom is 0.234 e. The number of thiocarbonyl (C=S) groups is 1. The lowest BCUT2D eigenvalue weighted by Gasteiger charge is -2.40. The second-order valence-electron chi connectivity index (χ2n) is 11.2. The van der Waals surface area contributed by atoms with Gasteiger partial charge in [-0.3, -0.25) is 9.69 Å². The maximum atomic E-state index is 13.9. The van der Waals surface area contributed by atoms with Crippen LogP contribution in [0.15, 0.2) is 42.5 Å². The molecule has 1 aromatic carbocycles. The van der Waals surface area contributed by atoms with Crippen molar-refractivity contribution in [3.8, 4) is 0 Å². The van der Waals surface area contributed by atoms with Crippen LogP contribution in [0.4, 0.5) is 0 Å². The number of rotatable bonds is 11. The highest BCUT2D eigenvalue weighted by atomic mass is 32.2. The molecule has 1 unspecified atom stereocenters. The Morgan fingerprint density at radius 3 is 2.40 bits per heavy atom. The van der Waals surface area contributed by atoms with Gasteiger partial charge in [0.15, 0.2) is 8.32 Å². The number of methoxy groups -OCH3 is 1. The fraction of sp³-hybridized carbons (Fsp3) is 0.643. The van der Waals surface area contributed by atoms with Gasteiger partial charge in [-0.1, -0.05) is 108 Å². The van der Waals surface area contributed by atoms with E-state index in [0.717, 1.165) is 18.6 Å². The summed E-state index contributed by atoms with van der Waals surface area (Å²) in [4.78, 5) is 15.8. The predicted molar refractivity (Wildman–Crippen MR) is 156 cm³/mol. The highest BCUT2D eigenvalue weighted by molar-refractivity contribution is 8.23. The summed E-state index contributed by atoms with van der Waals surface area (Å²) in [6.45, 7) is 17.5. The van der Waals surface area contributed by atoms with Crippen LogP contribution in [0.3, 0.4) is 0 Å². The zero-order valence-corrected chi connectivity index (χ0v) is 25.7. The summed E-state index contributed by atoms with van der Waals surface area (Å²) in [5.41, 5.74) is 1.22. The van der Waals surface area contributed by atoms with E-state index in [1.165, 1.54) is 5.56 Å². The molecule has 4 nitrogen and oxygen atoms in total. The van der Waals surface area contributed by atoms with Gasteiger partial charge < -0.3 is 9.16 Å². The van der Waals surface area contributed by atoms with Crippen LogP contribution in [0.5, 0.6) is 0 Å². The van der Waals surface area contributed by atoms with Crippen molar-refractivity contribution in [1.29, 1.82) is 0 Å². The van der Waals surface area contributed by atoms with Gasteiger partial charge in [0, 0.05) is 18.8 Å². The molecule has 0 N–H and O–H groups in total. The molecule has 0 saturated carbocycles. The lowest BCUT2D eigenvalue weighted by Crippen LogP contribution is -2.50. The first-order valence-electron chi connectivity index (χ1n) is 12.7. The lowest BCUT2D eigenvalue weighted by molar-refractivity contribution is -0.134. The normalized spacial score (nSPS) is 20.8. The van der Waals surface area contributed by atoms with Crippen LogP contribution < -0.4 is 0 Å². The molecule has 0 spiro atoms. The summed E-state index contributed by atoms with van der Waals surface area (Å²) in [6, 6.07) is 10.4. The van der Waals surface area contributed by atoms with E-state index < -0.39 is 8.32 Å². The summed E-state index contributed by atoms with van der Waals surface area (Å²) in [7, 11) is -0.361. The van der Waals surface area contributed by atoms with Gasteiger partial charge in [-0.25, -0.2) is 0 Å². The van der Waals surface area contributed by atoms with Crippen molar-refractivity contribution in [2.24, 2.45) is 11.8 Å². The van der Waals surface area contributed by atoms with Gasteiger partial charge in [0.2, 0.25) is 5.91 Å². The van der Waals surface area contributed by atoms with Crippen LogP contribution in [0.25, 0.3) is 0 Å². The number of hydrogen-bond donors (Lipinski definition) is 0. The second kappa shape index (κ2) is 13.0. The molecule has 0 radical (unpaired) electrons. The fourth-order valence-corrected chi connectivity index (χ4v) is 6.85. The Hall–Kier alpha value is -0.993. The monoisotopic (exact) mass is 535 g/mol. The number of ether oxygens (including phenoxy) is 1. The Labute approximate surface area is 224 Å². The summed E-state index contributed by atoms with van der Waals surface area (Å²) < 4.78 is 13.2. The van der Waals surface area contributed by atoms with E-state index in [-0.39, 0.29) is 41.0 Å². The number of carbonyl (C=O) groups excluding carboxylic acids is 1. The van der Waals surface area contributed by atoms with Gasteiger partial charge in [0.05, 0.1) is 24.2 Å². The lowest BCUT2D eigenvalue weighted by atomic mass is 9.97. The van der Waals surface area contributed by atoms with Crippen LogP contribution in [-0.4, -0.2) is 54.6 Å². The van der Waals surface area contributed by atoms with Crippen LogP contribution in [0, 0.1) is 11.8 Å². The molecule has 196 valence electrons. The number of amides is 1. The minimum Gasteiger partial charge on any atom is -0.410 e. The molecule has 0 aliphatic carbocycles. The average Bonchev–Trinajstić information content (AvgIpc) is 3.16. The van der Waals surface area contributed by atoms with Crippen molar-refractivity contribution >= 4 is 42.5 Å². The molecule has 0 bridgehead atoms. The molecule has 1 aromatic rings. The summed E-state index contributed by atoms with van der Waals surface area (Å²) in [6.07, 6.45) is 5.84. The number of carbonyl (C=O) groups is 1. The van der Waals surface area contributed by atoms with E-state index in [4.69, 9.17) is 21.4 Å². The second-order valence-corrected chi connectivity index (χ2v) is 17.6. The Balaban J connectivity index is 2.31. The van der Waals surface area contributed by atoms with Gasteiger partial charge in [-0.2, -0.15) is 0 Å². The molecule has 1 saturated heterocycles. The molecule has 1 fully saturated rings. The van der Waals surface area contributed by atoms with Crippen molar-refractivity contribution in [3.05, 3.63) is 48.0 Å². The van der Waals surface area contributed by atoms with Crippen molar-refractivity contribution in [2.45, 2.75) is 90.8 Å². The zero-order chi connectivity index (χ0) is 26.4. The first kappa shape index (κ1) is 30.2. The molecular weight excluding hydrogens is 491 g/mol. The third kappa shape index (κ3) is 7.99. The van der Waals surface area contributed by atoms with Crippen LogP contribution >= 0.6 is 24.0 Å². The molecule has 1 aliphatic rings. The standard InChI is InChI=1S/C28H45NO3S2Si/c1-10-24(31-7)20(2)16-17-25(32-35(8,9)28(4,5)6)21(3)26(30)29-23(19-34-27(29)33)18-22-14-12-11-13-15-22/h11-17,20-21,23-25H,10,18-19H2,1-9H3/b17-16+/t20-,21+,23?,24-,25-/m0/s1. The quantitative estimate of drug-likeness (QED) is 0.172. The minimum atomic E-state index is -2.12. The van der Waals surface area contributed by atoms with Gasteiger partial charge in [0.1, 0.15) is 4.32 Å². The smallest absolute Gasteiger partial charge is 0.234 e. The van der Waals surface area contributed by atoms with E-state index in [1.807, 2.05) is 30.0 Å². The Bertz CT molecular complexity index is 865. The first-order valence-corrected chi connectivity index (χ1v) is 17.0. The topological polar surface area (TPSA) is 38.8 Å². The van der Waals surface area contributed by atoms with E-state index in [2.05, 4.69) is 72.0 Å². The minimum absolute atomic E-state index is 0.0423. The van der Waals surface area contributed by atoms with E-state index >= 15 is 0 Å². The molecule has 2 rings (SSSR count). The number of benzene rings is 1. The van der Waals surface area contributed by atoms with Gasteiger partial charge in [-0.05, 0) is 36.5 Å². The highest BCUT2D eigenvalue weighted by Crippen LogP contribution is 2.39. The third-order valence-electron chi connectivity index (χ3n) is 7.53. The van der Waals surface area contributed by atoms with Gasteiger partial charge >= 0.3 is 0 Å². The molecule has 1 amide bonds. The third-order valence-corrected chi connectivity index (χ3v) is 13.5. The molecule has 1 heterocycles. The number of hydrogen-bond acceptors (Lipinski definition) is 5. The van der Waals surface area contributed by atoms with E-state index in [0.29, 0.717) is 4.32 Å². The zero-order valence-electron chi connectivity index (χ0n) is 23.0. The summed E-state index contributed by atoms with van der Waals surface area (Å²) >= 11 is 7.26. The van der Waals surface area contributed by atoms with Crippen molar-refractivity contribution < 1.29 is 14.0 Å². The largest absolute Gasteiger partial charge is 0.410 e. The molecule has 35 heavy (non-hydrogen) atoms. The fourth-order valence-electron chi connectivity index (χ4n) is 4.11. The Kier molecular flexibility index (Phi) is 11.2. The Morgan fingerprint density at radius 2 is 1.86 bits per heavy atom. The number of thioether (sulfide) groups is 1. The molecule has 5 atom stereocenters. The van der Waals surface area contributed by atoms with Crippen molar-refractivity contribution in [2.75, 3.05) is 12.9 Å². The summed E-state index contributed by atoms with van der Waals surface area (Å²) in [5.74, 6) is 0.775. The predicted octanol–water partition coefficient (Wildman–Crippen LogP) is 7.10. The van der Waals surface area contributed by atoms with Gasteiger partial charge in [-0.15, -0.1) is 0 Å². The van der Waals surface area contributed by atoms with E-state index in [1.54, 1.807) is 18.9 Å². The summed E-state index contributed by atoms with van der Waals surface area (Å²) in [5, 5.41) is 0.0423. The maximum absolute atomic E-state index is 13.9. The Morgan fingerprint density at radius 1 is 1.23 bits per heavy atom. The number of nitrogens with zero attached hydrogens (tertiary/aromatic N) is 1. The molecule has 7 heteroatoms. The highest BCUT2D eigenvalue weighted by Gasteiger charge is 2.43. The van der Waals surface area contributed by atoms with Crippen molar-refractivity contribution in [1.82, 2.24) is 4.90 Å². The van der Waals surface area contributed by atoms with Crippen LogP contribution in [-0.2, 0) is 20.4 Å². The van der Waals surface area contributed by atoms with E-state index in [9.17, 15) is 4.79 Å². The van der Waals surface area contributed by atoms with Crippen LogP contribution in [0.1, 0.15) is 53.5 Å². The van der Waals surface area contributed by atoms with Crippen molar-refractivity contribution in [3.63, 3.8) is 0 Å². The first-order chi connectivity index (χ1) is 16.3.